The third kappa shape index (κ3) is 6.29. The fourth-order valence-corrected chi connectivity index (χ4v) is 5.36. The van der Waals surface area contributed by atoms with Crippen LogP contribution >= 0.6 is 0 Å². The van der Waals surface area contributed by atoms with E-state index in [0.29, 0.717) is 18.1 Å². The van der Waals surface area contributed by atoms with Crippen LogP contribution in [0.15, 0.2) is 78.0 Å². The molecule has 0 amide bonds. The summed E-state index contributed by atoms with van der Waals surface area (Å²) in [6.07, 6.45) is 6.29. The molecular formula is C28H30N6O5S. The van der Waals surface area contributed by atoms with Crippen LogP contribution in [0.2, 0.25) is 0 Å². The number of hydrogen-bond donors (Lipinski definition) is 1. The molecule has 1 unspecified atom stereocenters. The number of hydrogen-bond acceptors (Lipinski definition) is 10. The molecule has 40 heavy (non-hydrogen) atoms. The van der Waals surface area contributed by atoms with Gasteiger partial charge in [-0.05, 0) is 56.8 Å². The van der Waals surface area contributed by atoms with Gasteiger partial charge in [0, 0.05) is 18.4 Å². The molecule has 1 fully saturated rings. The van der Waals surface area contributed by atoms with Crippen LogP contribution in [0.25, 0.3) is 11.6 Å². The summed E-state index contributed by atoms with van der Waals surface area (Å²) in [4.78, 5) is 19.9. The quantitative estimate of drug-likeness (QED) is 0.297. The summed E-state index contributed by atoms with van der Waals surface area (Å²) in [5.74, 6) is 0.955. The Kier molecular flexibility index (Phi) is 8.37. The number of likely N-dealkylation sites (tertiary alicyclic amines) is 1. The Morgan fingerprint density at radius 2 is 1.65 bits per heavy atom. The summed E-state index contributed by atoms with van der Waals surface area (Å²) in [6, 6.07) is 16.8. The number of nitrogens with one attached hydrogen (secondary N) is 1. The van der Waals surface area contributed by atoms with E-state index in [0.717, 1.165) is 25.8 Å². The zero-order valence-electron chi connectivity index (χ0n) is 22.2. The predicted molar refractivity (Wildman–Crippen MR) is 149 cm³/mol. The second-order valence-corrected chi connectivity index (χ2v) is 10.9. The van der Waals surface area contributed by atoms with E-state index >= 15 is 0 Å². The molecule has 0 aliphatic carbocycles. The summed E-state index contributed by atoms with van der Waals surface area (Å²) in [5, 5.41) is 0. The number of ether oxygens (including phenoxy) is 3. The van der Waals surface area contributed by atoms with Gasteiger partial charge in [-0.15, -0.1) is 0 Å². The number of para-hydroxylation sites is 2. The number of aromatic nitrogens is 4. The van der Waals surface area contributed by atoms with Crippen molar-refractivity contribution >= 4 is 15.8 Å². The maximum atomic E-state index is 13.4. The molecule has 0 saturated carbocycles. The molecule has 12 heteroatoms. The standard InChI is InChI=1S/C28H30N6O5S/c1-34-18-9-8-11-20(34)19-38-28-24(39-23-15-7-6-14-22(23)37-2)25(31-27(32-28)26-29-16-10-17-30-26)33-40(35,36)21-12-4-3-5-13-21/h3-7,10,12-17,20H,8-9,11,18-19H2,1-2H3,(H,31,32,33). The topological polar surface area (TPSA) is 129 Å². The number of likely N-dealkylation sites (N-methyl/N-ethyl adjacent to an activating group) is 1. The lowest BCUT2D eigenvalue weighted by atomic mass is 10.0. The molecule has 11 nitrogen and oxygen atoms in total. The molecule has 1 saturated heterocycles. The number of methoxy groups -OCH3 is 1. The molecule has 0 bridgehead atoms. The van der Waals surface area contributed by atoms with Gasteiger partial charge in [-0.25, -0.2) is 23.4 Å². The third-order valence-electron chi connectivity index (χ3n) is 6.50. The molecule has 0 spiro atoms. The van der Waals surface area contributed by atoms with E-state index in [1.807, 2.05) is 0 Å². The average Bonchev–Trinajstić information content (AvgIpc) is 2.99. The van der Waals surface area contributed by atoms with E-state index in [4.69, 9.17) is 14.2 Å². The van der Waals surface area contributed by atoms with E-state index in [9.17, 15) is 8.42 Å². The van der Waals surface area contributed by atoms with E-state index in [2.05, 4.69) is 36.6 Å². The lowest BCUT2D eigenvalue weighted by molar-refractivity contribution is 0.121. The van der Waals surface area contributed by atoms with Gasteiger partial charge in [0.1, 0.15) is 6.61 Å². The first-order valence-electron chi connectivity index (χ1n) is 12.9. The fourth-order valence-electron chi connectivity index (χ4n) is 4.33. The molecule has 1 aliphatic rings. The number of anilines is 1. The number of benzene rings is 2. The first-order valence-corrected chi connectivity index (χ1v) is 14.3. The Morgan fingerprint density at radius 3 is 2.38 bits per heavy atom. The van der Waals surface area contributed by atoms with Gasteiger partial charge in [-0.1, -0.05) is 36.8 Å². The lowest BCUT2D eigenvalue weighted by Crippen LogP contribution is -2.40. The van der Waals surface area contributed by atoms with Gasteiger partial charge in [0.15, 0.2) is 23.1 Å². The van der Waals surface area contributed by atoms with Crippen LogP contribution in [0, 0.1) is 0 Å². The Balaban J connectivity index is 1.63. The molecule has 1 aliphatic heterocycles. The summed E-state index contributed by atoms with van der Waals surface area (Å²) < 4.78 is 47.4. The number of nitrogens with zero attached hydrogens (tertiary/aromatic N) is 5. The molecule has 1 atom stereocenters. The molecule has 208 valence electrons. The predicted octanol–water partition coefficient (Wildman–Crippen LogP) is 4.40. The number of piperidine rings is 1. The van der Waals surface area contributed by atoms with Crippen LogP contribution in [0.5, 0.6) is 23.1 Å². The lowest BCUT2D eigenvalue weighted by Gasteiger charge is -2.32. The van der Waals surface area contributed by atoms with Crippen LogP contribution in [0.3, 0.4) is 0 Å². The first kappa shape index (κ1) is 27.3. The van der Waals surface area contributed by atoms with Gasteiger partial charge in [0.25, 0.3) is 15.9 Å². The van der Waals surface area contributed by atoms with Crippen molar-refractivity contribution in [2.75, 3.05) is 32.0 Å². The van der Waals surface area contributed by atoms with Gasteiger partial charge in [-0.2, -0.15) is 4.98 Å². The molecule has 5 rings (SSSR count). The highest BCUT2D eigenvalue weighted by Gasteiger charge is 2.27. The van der Waals surface area contributed by atoms with Gasteiger partial charge in [0.2, 0.25) is 11.6 Å². The second kappa shape index (κ2) is 12.3. The normalized spacial score (nSPS) is 15.8. The van der Waals surface area contributed by atoms with Crippen molar-refractivity contribution in [1.29, 1.82) is 0 Å². The number of sulfonamides is 1. The van der Waals surface area contributed by atoms with Crippen LogP contribution in [0.1, 0.15) is 19.3 Å². The zero-order chi connectivity index (χ0) is 28.0. The van der Waals surface area contributed by atoms with Crippen LogP contribution in [-0.2, 0) is 10.0 Å². The Labute approximate surface area is 233 Å². The SMILES string of the molecule is COc1ccccc1Oc1c(NS(=O)(=O)c2ccccc2)nc(-c2ncccn2)nc1OCC1CCCCN1C. The molecule has 3 heterocycles. The molecular weight excluding hydrogens is 532 g/mol. The first-order chi connectivity index (χ1) is 19.4. The largest absolute Gasteiger partial charge is 0.493 e. The highest BCUT2D eigenvalue weighted by Crippen LogP contribution is 2.41. The van der Waals surface area contributed by atoms with Crippen molar-refractivity contribution in [2.24, 2.45) is 0 Å². The van der Waals surface area contributed by atoms with Crippen molar-refractivity contribution < 1.29 is 22.6 Å². The smallest absolute Gasteiger partial charge is 0.263 e. The van der Waals surface area contributed by atoms with E-state index in [1.54, 1.807) is 60.9 Å². The average molecular weight is 563 g/mol. The Hall–Kier alpha value is -4.29. The molecule has 1 N–H and O–H groups in total. The van der Waals surface area contributed by atoms with Gasteiger partial charge >= 0.3 is 0 Å². The summed E-state index contributed by atoms with van der Waals surface area (Å²) in [6.45, 7) is 1.28. The minimum absolute atomic E-state index is 0.0119. The maximum Gasteiger partial charge on any atom is 0.263 e. The van der Waals surface area contributed by atoms with Crippen molar-refractivity contribution in [2.45, 2.75) is 30.2 Å². The van der Waals surface area contributed by atoms with Gasteiger partial charge < -0.3 is 19.1 Å². The number of rotatable bonds is 10. The minimum atomic E-state index is -4.06. The summed E-state index contributed by atoms with van der Waals surface area (Å²) in [5.41, 5.74) is 0. The third-order valence-corrected chi connectivity index (χ3v) is 7.85. The Morgan fingerprint density at radius 1 is 0.925 bits per heavy atom. The minimum Gasteiger partial charge on any atom is -0.493 e. The van der Waals surface area contributed by atoms with Crippen molar-refractivity contribution in [1.82, 2.24) is 24.8 Å². The molecule has 4 aromatic rings. The Bertz CT molecular complexity index is 1540. The molecule has 2 aromatic heterocycles. The molecule has 2 aromatic carbocycles. The van der Waals surface area contributed by atoms with Crippen LogP contribution < -0.4 is 18.9 Å². The monoisotopic (exact) mass is 562 g/mol. The summed E-state index contributed by atoms with van der Waals surface area (Å²) >= 11 is 0. The van der Waals surface area contributed by atoms with Gasteiger partial charge in [0.05, 0.1) is 12.0 Å². The highest BCUT2D eigenvalue weighted by molar-refractivity contribution is 7.92. The van der Waals surface area contributed by atoms with E-state index in [1.165, 1.54) is 19.2 Å². The van der Waals surface area contributed by atoms with Crippen LogP contribution in [0.4, 0.5) is 5.82 Å². The van der Waals surface area contributed by atoms with Crippen molar-refractivity contribution in [3.63, 3.8) is 0 Å². The fraction of sp³-hybridized carbons (Fsp3) is 0.286. The molecule has 0 radical (unpaired) electrons. The summed E-state index contributed by atoms with van der Waals surface area (Å²) in [7, 11) is -0.484. The van der Waals surface area contributed by atoms with Crippen molar-refractivity contribution in [3.05, 3.63) is 73.1 Å². The zero-order valence-corrected chi connectivity index (χ0v) is 23.0. The van der Waals surface area contributed by atoms with Gasteiger partial charge in [-0.3, -0.25) is 4.72 Å². The maximum absolute atomic E-state index is 13.4. The highest BCUT2D eigenvalue weighted by atomic mass is 32.2. The second-order valence-electron chi connectivity index (χ2n) is 9.22. The van der Waals surface area contributed by atoms with E-state index < -0.39 is 10.0 Å². The van der Waals surface area contributed by atoms with Crippen molar-refractivity contribution in [3.8, 4) is 34.8 Å². The van der Waals surface area contributed by atoms with E-state index in [-0.39, 0.29) is 40.0 Å². The van der Waals surface area contributed by atoms with Crippen LogP contribution in [-0.4, -0.2) is 66.6 Å².